The summed E-state index contributed by atoms with van der Waals surface area (Å²) in [6, 6.07) is 0. The molecule has 0 aromatic carbocycles. The maximum Gasteiger partial charge on any atom is 0.302 e. The minimum atomic E-state index is -1.30. The van der Waals surface area contributed by atoms with E-state index in [0.717, 1.165) is 0 Å². The molecule has 22 heavy (non-hydrogen) atoms. The summed E-state index contributed by atoms with van der Waals surface area (Å²) in [6.45, 7) is 2.84. The standard InChI is InChI=1S/C16H24O6/c1-9(17)22-8-6-12(18)14-10-3-4-13(19)15(20)11(10)5-7-16(14,2)21/h5,7,10-11,13-15,19-21H,3-4,6,8H2,1-2H3/t10-,11+,13-,14-,15-,16+/m0/s1. The highest BCUT2D eigenvalue weighted by atomic mass is 16.5. The van der Waals surface area contributed by atoms with E-state index in [-0.39, 0.29) is 30.6 Å². The number of Topliss-reactive ketones (excluding diaryl/α,β-unsaturated/α-hetero) is 1. The number of hydrogen-bond acceptors (Lipinski definition) is 6. The third kappa shape index (κ3) is 3.39. The normalized spacial score (nSPS) is 40.9. The van der Waals surface area contributed by atoms with Crippen molar-refractivity contribution in [1.82, 2.24) is 0 Å². The number of ether oxygens (including phenoxy) is 1. The zero-order valence-electron chi connectivity index (χ0n) is 12.9. The highest BCUT2D eigenvalue weighted by Crippen LogP contribution is 2.45. The van der Waals surface area contributed by atoms with Crippen molar-refractivity contribution < 1.29 is 29.6 Å². The van der Waals surface area contributed by atoms with Gasteiger partial charge >= 0.3 is 5.97 Å². The maximum atomic E-state index is 12.5. The summed E-state index contributed by atoms with van der Waals surface area (Å²) in [5.74, 6) is -1.86. The van der Waals surface area contributed by atoms with Crippen molar-refractivity contribution in [3.8, 4) is 0 Å². The average molecular weight is 312 g/mol. The van der Waals surface area contributed by atoms with Gasteiger partial charge in [0.1, 0.15) is 5.78 Å². The lowest BCUT2D eigenvalue weighted by Crippen LogP contribution is -2.54. The molecule has 0 bridgehead atoms. The van der Waals surface area contributed by atoms with E-state index in [1.54, 1.807) is 13.0 Å². The zero-order chi connectivity index (χ0) is 16.5. The Bertz CT molecular complexity index is 469. The van der Waals surface area contributed by atoms with Crippen LogP contribution in [0.5, 0.6) is 0 Å². The number of hydrogen-bond donors (Lipinski definition) is 3. The van der Waals surface area contributed by atoms with Gasteiger partial charge in [-0.3, -0.25) is 9.59 Å². The Morgan fingerprint density at radius 1 is 1.32 bits per heavy atom. The number of carbonyl (C=O) groups is 2. The molecule has 0 unspecified atom stereocenters. The Morgan fingerprint density at radius 2 is 2.00 bits per heavy atom. The molecule has 2 aliphatic rings. The summed E-state index contributed by atoms with van der Waals surface area (Å²) < 4.78 is 4.80. The first-order chi connectivity index (χ1) is 10.2. The Balaban J connectivity index is 2.15. The maximum absolute atomic E-state index is 12.5. The molecule has 6 nitrogen and oxygen atoms in total. The van der Waals surface area contributed by atoms with Gasteiger partial charge in [0.05, 0.1) is 30.3 Å². The second kappa shape index (κ2) is 6.48. The number of esters is 1. The topological polar surface area (TPSA) is 104 Å². The van der Waals surface area contributed by atoms with E-state index in [1.165, 1.54) is 13.0 Å². The molecule has 0 amide bonds. The number of ketones is 1. The van der Waals surface area contributed by atoms with Gasteiger partial charge in [-0.25, -0.2) is 0 Å². The van der Waals surface area contributed by atoms with Crippen LogP contribution in [-0.2, 0) is 14.3 Å². The first-order valence-electron chi connectivity index (χ1n) is 7.68. The third-order valence-corrected chi connectivity index (χ3v) is 4.79. The van der Waals surface area contributed by atoms with E-state index in [0.29, 0.717) is 12.8 Å². The van der Waals surface area contributed by atoms with Gasteiger partial charge in [-0.15, -0.1) is 0 Å². The van der Waals surface area contributed by atoms with Gasteiger partial charge in [0, 0.05) is 19.3 Å². The van der Waals surface area contributed by atoms with Crippen LogP contribution in [0, 0.1) is 17.8 Å². The molecular weight excluding hydrogens is 288 g/mol. The van der Waals surface area contributed by atoms with Crippen molar-refractivity contribution in [2.24, 2.45) is 17.8 Å². The highest BCUT2D eigenvalue weighted by molar-refractivity contribution is 5.83. The summed E-state index contributed by atoms with van der Waals surface area (Å²) in [5.41, 5.74) is -1.30. The van der Waals surface area contributed by atoms with Gasteiger partial charge in [0.2, 0.25) is 0 Å². The number of aliphatic hydroxyl groups excluding tert-OH is 2. The Morgan fingerprint density at radius 3 is 2.64 bits per heavy atom. The monoisotopic (exact) mass is 312 g/mol. The van der Waals surface area contributed by atoms with Crippen molar-refractivity contribution in [2.75, 3.05) is 6.61 Å². The predicted molar refractivity (Wildman–Crippen MR) is 77.7 cm³/mol. The third-order valence-electron chi connectivity index (χ3n) is 4.79. The van der Waals surface area contributed by atoms with Gasteiger partial charge in [0.15, 0.2) is 0 Å². The summed E-state index contributed by atoms with van der Waals surface area (Å²) in [5, 5.41) is 30.5. The SMILES string of the molecule is CC(=O)OCCC(=O)[C@@H]1[C@H]2CC[C@H](O)[C@@H](O)[C@@H]2C=C[C@@]1(C)O. The largest absolute Gasteiger partial charge is 0.465 e. The van der Waals surface area contributed by atoms with E-state index < -0.39 is 29.7 Å². The predicted octanol–water partition coefficient (Wildman–Crippen LogP) is 0.194. The van der Waals surface area contributed by atoms with Gasteiger partial charge < -0.3 is 20.1 Å². The smallest absolute Gasteiger partial charge is 0.302 e. The number of aliphatic hydroxyl groups is 3. The van der Waals surface area contributed by atoms with Gasteiger partial charge in [-0.2, -0.15) is 0 Å². The number of fused-ring (bicyclic) bond motifs is 1. The van der Waals surface area contributed by atoms with Gasteiger partial charge in [-0.1, -0.05) is 12.2 Å². The molecular formula is C16H24O6. The zero-order valence-corrected chi connectivity index (χ0v) is 12.9. The van der Waals surface area contributed by atoms with Crippen LogP contribution in [0.1, 0.15) is 33.1 Å². The molecule has 124 valence electrons. The highest BCUT2D eigenvalue weighted by Gasteiger charge is 2.50. The average Bonchev–Trinajstić information content (AvgIpc) is 2.41. The van der Waals surface area contributed by atoms with Crippen LogP contribution >= 0.6 is 0 Å². The Labute approximate surface area is 129 Å². The van der Waals surface area contributed by atoms with E-state index >= 15 is 0 Å². The van der Waals surface area contributed by atoms with Crippen molar-refractivity contribution in [2.45, 2.75) is 50.9 Å². The molecule has 0 saturated heterocycles. The minimum absolute atomic E-state index is 0.00692. The van der Waals surface area contributed by atoms with E-state index in [4.69, 9.17) is 4.74 Å². The molecule has 0 aromatic rings. The molecule has 0 spiro atoms. The van der Waals surface area contributed by atoms with Crippen LogP contribution in [0.4, 0.5) is 0 Å². The molecule has 2 rings (SSSR count). The lowest BCUT2D eigenvalue weighted by molar-refractivity contribution is -0.146. The minimum Gasteiger partial charge on any atom is -0.465 e. The van der Waals surface area contributed by atoms with E-state index in [9.17, 15) is 24.9 Å². The van der Waals surface area contributed by atoms with Gasteiger partial charge in [-0.05, 0) is 25.7 Å². The molecule has 1 saturated carbocycles. The van der Waals surface area contributed by atoms with Crippen LogP contribution in [0.25, 0.3) is 0 Å². The molecule has 0 radical (unpaired) electrons. The van der Waals surface area contributed by atoms with Crippen LogP contribution in [0.3, 0.4) is 0 Å². The number of carbonyl (C=O) groups excluding carboxylic acids is 2. The van der Waals surface area contributed by atoms with Crippen molar-refractivity contribution in [3.63, 3.8) is 0 Å². The van der Waals surface area contributed by atoms with Gasteiger partial charge in [0.25, 0.3) is 0 Å². The van der Waals surface area contributed by atoms with Crippen LogP contribution in [0.15, 0.2) is 12.2 Å². The van der Waals surface area contributed by atoms with Crippen molar-refractivity contribution >= 4 is 11.8 Å². The fraction of sp³-hybridized carbons (Fsp3) is 0.750. The van der Waals surface area contributed by atoms with E-state index in [2.05, 4.69) is 0 Å². The molecule has 6 atom stereocenters. The summed E-state index contributed by atoms with van der Waals surface area (Å²) >= 11 is 0. The molecule has 0 heterocycles. The lowest BCUT2D eigenvalue weighted by atomic mass is 9.60. The lowest BCUT2D eigenvalue weighted by Gasteiger charge is -2.47. The molecule has 2 aliphatic carbocycles. The van der Waals surface area contributed by atoms with Crippen molar-refractivity contribution in [1.29, 1.82) is 0 Å². The fourth-order valence-corrected chi connectivity index (χ4v) is 3.74. The molecule has 3 N–H and O–H groups in total. The molecule has 0 aliphatic heterocycles. The van der Waals surface area contributed by atoms with Crippen LogP contribution < -0.4 is 0 Å². The number of rotatable bonds is 4. The van der Waals surface area contributed by atoms with E-state index in [1.807, 2.05) is 0 Å². The Kier molecular flexibility index (Phi) is 5.04. The summed E-state index contributed by atoms with van der Waals surface area (Å²) in [7, 11) is 0. The second-order valence-electron chi connectivity index (χ2n) is 6.50. The molecule has 6 heteroatoms. The molecule has 0 aromatic heterocycles. The molecule has 1 fully saturated rings. The quantitative estimate of drug-likeness (QED) is 0.506. The first-order valence-corrected chi connectivity index (χ1v) is 7.68. The van der Waals surface area contributed by atoms with Crippen LogP contribution in [0.2, 0.25) is 0 Å². The second-order valence-corrected chi connectivity index (χ2v) is 6.50. The van der Waals surface area contributed by atoms with Crippen LogP contribution in [-0.4, -0.2) is 51.5 Å². The summed E-state index contributed by atoms with van der Waals surface area (Å²) in [6.07, 6.45) is 2.52. The summed E-state index contributed by atoms with van der Waals surface area (Å²) in [4.78, 5) is 23.3. The fourth-order valence-electron chi connectivity index (χ4n) is 3.74. The Hall–Kier alpha value is -1.24. The van der Waals surface area contributed by atoms with Crippen molar-refractivity contribution in [3.05, 3.63) is 12.2 Å². The first kappa shape index (κ1) is 17.1.